The van der Waals surface area contributed by atoms with Crippen LogP contribution in [0.15, 0.2) is 36.4 Å². The van der Waals surface area contributed by atoms with Crippen LogP contribution < -0.4 is 10.5 Å². The molecule has 1 aliphatic rings. The van der Waals surface area contributed by atoms with Gasteiger partial charge in [-0.2, -0.15) is 0 Å². The van der Waals surface area contributed by atoms with Crippen LogP contribution in [0.4, 0.5) is 10.1 Å². The second kappa shape index (κ2) is 3.77. The molecule has 1 heterocycles. The van der Waals surface area contributed by atoms with Crippen molar-refractivity contribution in [1.29, 1.82) is 0 Å². The van der Waals surface area contributed by atoms with Gasteiger partial charge < -0.3 is 10.5 Å². The van der Waals surface area contributed by atoms with Crippen molar-refractivity contribution >= 4 is 5.69 Å². The summed E-state index contributed by atoms with van der Waals surface area (Å²) in [4.78, 5) is 0. The van der Waals surface area contributed by atoms with Gasteiger partial charge in [-0.15, -0.1) is 0 Å². The van der Waals surface area contributed by atoms with Gasteiger partial charge in [0.1, 0.15) is 11.6 Å². The maximum atomic E-state index is 13.8. The summed E-state index contributed by atoms with van der Waals surface area (Å²) in [6.07, 6.45) is 0.882. The number of nitrogens with two attached hydrogens (primary N) is 1. The average Bonchev–Trinajstić information content (AvgIpc) is 2.80. The van der Waals surface area contributed by atoms with E-state index in [9.17, 15) is 4.39 Å². The largest absolute Gasteiger partial charge is 0.492 e. The smallest absolute Gasteiger partial charge is 0.131 e. The number of benzene rings is 2. The van der Waals surface area contributed by atoms with Crippen LogP contribution in [0.3, 0.4) is 0 Å². The quantitative estimate of drug-likeness (QED) is 0.763. The lowest BCUT2D eigenvalue weighted by atomic mass is 10.0. The van der Waals surface area contributed by atoms with E-state index < -0.39 is 0 Å². The third kappa shape index (κ3) is 1.64. The Labute approximate surface area is 98.8 Å². The number of rotatable bonds is 1. The number of fused-ring (bicyclic) bond motifs is 1. The lowest BCUT2D eigenvalue weighted by molar-refractivity contribution is 0.358. The van der Waals surface area contributed by atoms with Gasteiger partial charge in [0, 0.05) is 23.2 Å². The number of ether oxygens (including phenoxy) is 1. The minimum atomic E-state index is -0.275. The van der Waals surface area contributed by atoms with Crippen molar-refractivity contribution in [2.75, 3.05) is 12.3 Å². The van der Waals surface area contributed by atoms with Crippen LogP contribution in [0.2, 0.25) is 0 Å². The molecule has 86 valence electrons. The number of anilines is 1. The van der Waals surface area contributed by atoms with Gasteiger partial charge >= 0.3 is 0 Å². The van der Waals surface area contributed by atoms with Crippen molar-refractivity contribution in [3.63, 3.8) is 0 Å². The van der Waals surface area contributed by atoms with Crippen molar-refractivity contribution in [1.82, 2.24) is 0 Å². The number of nitrogen functional groups attached to an aromatic ring is 1. The molecule has 0 amide bonds. The molecule has 0 saturated heterocycles. The lowest BCUT2D eigenvalue weighted by Crippen LogP contribution is -1.92. The predicted octanol–water partition coefficient (Wildman–Crippen LogP) is 3.01. The topological polar surface area (TPSA) is 35.2 Å². The SMILES string of the molecule is Nc1ccc(F)c(-c2cccc3c2OCC3)c1. The number of halogens is 1. The summed E-state index contributed by atoms with van der Waals surface area (Å²) in [6, 6.07) is 10.4. The fourth-order valence-electron chi connectivity index (χ4n) is 2.18. The van der Waals surface area contributed by atoms with E-state index in [-0.39, 0.29) is 5.82 Å². The molecule has 0 unspecified atom stereocenters. The summed E-state index contributed by atoms with van der Waals surface area (Å²) in [5.41, 5.74) is 8.67. The first-order valence-electron chi connectivity index (χ1n) is 5.56. The van der Waals surface area contributed by atoms with Gasteiger partial charge in [-0.25, -0.2) is 4.39 Å². The van der Waals surface area contributed by atoms with Crippen LogP contribution in [0, 0.1) is 5.82 Å². The van der Waals surface area contributed by atoms with E-state index in [1.807, 2.05) is 18.2 Å². The monoisotopic (exact) mass is 229 g/mol. The van der Waals surface area contributed by atoms with Crippen molar-refractivity contribution in [2.24, 2.45) is 0 Å². The van der Waals surface area contributed by atoms with Crippen LogP contribution >= 0.6 is 0 Å². The molecule has 0 aromatic heterocycles. The predicted molar refractivity (Wildman–Crippen MR) is 65.4 cm³/mol. The summed E-state index contributed by atoms with van der Waals surface area (Å²) in [5.74, 6) is 0.514. The van der Waals surface area contributed by atoms with E-state index in [0.29, 0.717) is 17.9 Å². The van der Waals surface area contributed by atoms with Gasteiger partial charge in [0.05, 0.1) is 6.61 Å². The Kier molecular flexibility index (Phi) is 2.25. The highest BCUT2D eigenvalue weighted by atomic mass is 19.1. The molecule has 0 saturated carbocycles. The van der Waals surface area contributed by atoms with Gasteiger partial charge in [0.25, 0.3) is 0 Å². The Morgan fingerprint density at radius 1 is 1.12 bits per heavy atom. The molecule has 2 aromatic carbocycles. The molecule has 17 heavy (non-hydrogen) atoms. The van der Waals surface area contributed by atoms with Crippen LogP contribution in [-0.4, -0.2) is 6.61 Å². The maximum Gasteiger partial charge on any atom is 0.131 e. The van der Waals surface area contributed by atoms with Crippen molar-refractivity contribution in [2.45, 2.75) is 6.42 Å². The Bertz CT molecular complexity index is 580. The molecule has 0 fully saturated rings. The second-order valence-corrected chi connectivity index (χ2v) is 4.13. The van der Waals surface area contributed by atoms with E-state index in [4.69, 9.17) is 10.5 Å². The third-order valence-electron chi connectivity index (χ3n) is 2.99. The summed E-state index contributed by atoms with van der Waals surface area (Å²) >= 11 is 0. The highest BCUT2D eigenvalue weighted by Crippen LogP contribution is 2.38. The normalized spacial score (nSPS) is 13.2. The summed E-state index contributed by atoms with van der Waals surface area (Å²) in [5, 5.41) is 0. The molecule has 0 aliphatic carbocycles. The molecule has 3 rings (SSSR count). The fourth-order valence-corrected chi connectivity index (χ4v) is 2.18. The van der Waals surface area contributed by atoms with Gasteiger partial charge in [0.15, 0.2) is 0 Å². The molecule has 0 bridgehead atoms. The van der Waals surface area contributed by atoms with E-state index in [2.05, 4.69) is 0 Å². The Morgan fingerprint density at radius 3 is 2.88 bits per heavy atom. The molecule has 0 atom stereocenters. The molecule has 3 heteroatoms. The van der Waals surface area contributed by atoms with Crippen molar-refractivity contribution in [3.05, 3.63) is 47.8 Å². The van der Waals surface area contributed by atoms with Gasteiger partial charge in [-0.1, -0.05) is 18.2 Å². The highest BCUT2D eigenvalue weighted by Gasteiger charge is 2.18. The average molecular weight is 229 g/mol. The zero-order valence-electron chi connectivity index (χ0n) is 9.24. The minimum absolute atomic E-state index is 0.275. The van der Waals surface area contributed by atoms with Crippen LogP contribution in [0.1, 0.15) is 5.56 Å². The number of hydrogen-bond donors (Lipinski definition) is 1. The van der Waals surface area contributed by atoms with Crippen LogP contribution in [0.5, 0.6) is 5.75 Å². The van der Waals surface area contributed by atoms with Crippen LogP contribution in [0.25, 0.3) is 11.1 Å². The van der Waals surface area contributed by atoms with E-state index in [1.54, 1.807) is 12.1 Å². The van der Waals surface area contributed by atoms with Gasteiger partial charge in [0.2, 0.25) is 0 Å². The van der Waals surface area contributed by atoms with E-state index >= 15 is 0 Å². The van der Waals surface area contributed by atoms with Crippen LogP contribution in [-0.2, 0) is 6.42 Å². The van der Waals surface area contributed by atoms with Crippen molar-refractivity contribution in [3.8, 4) is 16.9 Å². The Balaban J connectivity index is 2.22. The molecule has 1 aliphatic heterocycles. The Morgan fingerprint density at radius 2 is 2.00 bits per heavy atom. The standard InChI is InChI=1S/C14H12FNO/c15-13-5-4-10(16)8-12(13)11-3-1-2-9-6-7-17-14(9)11/h1-5,8H,6-7,16H2. The first kappa shape index (κ1) is 10.1. The summed E-state index contributed by atoms with van der Waals surface area (Å²) in [6.45, 7) is 0.663. The zero-order valence-corrected chi connectivity index (χ0v) is 9.24. The maximum absolute atomic E-state index is 13.8. The molecule has 2 nitrogen and oxygen atoms in total. The zero-order chi connectivity index (χ0) is 11.8. The van der Waals surface area contributed by atoms with E-state index in [1.165, 1.54) is 6.07 Å². The molecule has 0 radical (unpaired) electrons. The van der Waals surface area contributed by atoms with Gasteiger partial charge in [-0.3, -0.25) is 0 Å². The lowest BCUT2D eigenvalue weighted by Gasteiger charge is -2.09. The van der Waals surface area contributed by atoms with E-state index in [0.717, 1.165) is 23.3 Å². The summed E-state index contributed by atoms with van der Waals surface area (Å²) in [7, 11) is 0. The fraction of sp³-hybridized carbons (Fsp3) is 0.143. The number of hydrogen-bond acceptors (Lipinski definition) is 2. The molecular formula is C14H12FNO. The van der Waals surface area contributed by atoms with Gasteiger partial charge in [-0.05, 0) is 23.8 Å². The second-order valence-electron chi connectivity index (χ2n) is 4.13. The summed E-state index contributed by atoms with van der Waals surface area (Å²) < 4.78 is 19.4. The first-order valence-corrected chi connectivity index (χ1v) is 5.56. The molecule has 0 spiro atoms. The first-order chi connectivity index (χ1) is 8.25. The molecule has 2 N–H and O–H groups in total. The highest BCUT2D eigenvalue weighted by molar-refractivity contribution is 5.75. The minimum Gasteiger partial charge on any atom is -0.492 e. The van der Waals surface area contributed by atoms with Crippen molar-refractivity contribution < 1.29 is 9.13 Å². The molecule has 2 aromatic rings. The Hall–Kier alpha value is -2.03. The number of para-hydroxylation sites is 1. The molecular weight excluding hydrogens is 217 g/mol. The third-order valence-corrected chi connectivity index (χ3v) is 2.99.